The summed E-state index contributed by atoms with van der Waals surface area (Å²) in [5, 5.41) is 12.0. The van der Waals surface area contributed by atoms with Gasteiger partial charge in [0.15, 0.2) is 5.82 Å². The van der Waals surface area contributed by atoms with Crippen LogP contribution in [0.2, 0.25) is 0 Å². The minimum absolute atomic E-state index is 0.432. The molecule has 0 amide bonds. The third-order valence-corrected chi connectivity index (χ3v) is 2.33. The second kappa shape index (κ2) is 4.01. The average molecular weight is 301 g/mol. The lowest BCUT2D eigenvalue weighted by atomic mass is 10.3. The van der Waals surface area contributed by atoms with Gasteiger partial charge in [0.2, 0.25) is 0 Å². The highest BCUT2D eigenvalue weighted by molar-refractivity contribution is 14.1. The van der Waals surface area contributed by atoms with E-state index in [0.29, 0.717) is 12.4 Å². The Morgan fingerprint density at radius 3 is 3.00 bits per heavy atom. The molecule has 2 aromatic heterocycles. The molecule has 0 saturated carbocycles. The van der Waals surface area contributed by atoms with E-state index in [1.165, 1.54) is 0 Å². The molecule has 0 spiro atoms. The van der Waals surface area contributed by atoms with Crippen LogP contribution in [0.15, 0.2) is 24.7 Å². The van der Waals surface area contributed by atoms with E-state index in [9.17, 15) is 0 Å². The second-order valence-electron chi connectivity index (χ2n) is 2.69. The van der Waals surface area contributed by atoms with Gasteiger partial charge in [-0.3, -0.25) is 0 Å². The first-order valence-electron chi connectivity index (χ1n) is 4.02. The van der Waals surface area contributed by atoms with Crippen molar-refractivity contribution in [1.82, 2.24) is 20.0 Å². The molecule has 72 valence electrons. The summed E-state index contributed by atoms with van der Waals surface area (Å²) in [7, 11) is 0. The van der Waals surface area contributed by atoms with Crippen molar-refractivity contribution >= 4 is 22.6 Å². The van der Waals surface area contributed by atoms with Gasteiger partial charge in [0, 0.05) is 18.3 Å². The first kappa shape index (κ1) is 9.53. The van der Waals surface area contributed by atoms with Gasteiger partial charge in [0.05, 0.1) is 16.0 Å². The fourth-order valence-corrected chi connectivity index (χ4v) is 1.51. The Balaban J connectivity index is 2.50. The number of aromatic nitrogens is 4. The van der Waals surface area contributed by atoms with Crippen molar-refractivity contribution in [2.75, 3.05) is 0 Å². The molecule has 2 N–H and O–H groups in total. The molecule has 0 aliphatic heterocycles. The van der Waals surface area contributed by atoms with Crippen molar-refractivity contribution in [3.8, 4) is 5.82 Å². The van der Waals surface area contributed by atoms with Crippen LogP contribution in [0.25, 0.3) is 5.82 Å². The standard InChI is InChI=1S/C8H8IN5/c9-7-4-12-14(5-7)8-6(3-10)1-2-11-13-8/h1-2,4-5H,3,10H2. The normalized spacial score (nSPS) is 10.4. The van der Waals surface area contributed by atoms with E-state index in [-0.39, 0.29) is 0 Å². The maximum absolute atomic E-state index is 5.58. The van der Waals surface area contributed by atoms with Crippen molar-refractivity contribution in [3.05, 3.63) is 33.8 Å². The van der Waals surface area contributed by atoms with Crippen molar-refractivity contribution in [2.24, 2.45) is 5.73 Å². The maximum atomic E-state index is 5.58. The first-order chi connectivity index (χ1) is 6.81. The SMILES string of the molecule is NCc1ccnnc1-n1cc(I)cn1. The van der Waals surface area contributed by atoms with Crippen LogP contribution in [-0.4, -0.2) is 20.0 Å². The molecule has 0 aliphatic rings. The van der Waals surface area contributed by atoms with Gasteiger partial charge in [-0.25, -0.2) is 4.68 Å². The molecule has 5 nitrogen and oxygen atoms in total. The number of nitrogens with zero attached hydrogens (tertiary/aromatic N) is 4. The summed E-state index contributed by atoms with van der Waals surface area (Å²) < 4.78 is 2.73. The van der Waals surface area contributed by atoms with Crippen LogP contribution in [0, 0.1) is 3.57 Å². The summed E-state index contributed by atoms with van der Waals surface area (Å²) in [5.41, 5.74) is 6.51. The van der Waals surface area contributed by atoms with E-state index in [1.54, 1.807) is 17.1 Å². The summed E-state index contributed by atoms with van der Waals surface area (Å²) in [6, 6.07) is 1.84. The molecule has 2 heterocycles. The lowest BCUT2D eigenvalue weighted by molar-refractivity contribution is 0.791. The highest BCUT2D eigenvalue weighted by atomic mass is 127. The number of hydrogen-bond donors (Lipinski definition) is 1. The van der Waals surface area contributed by atoms with E-state index >= 15 is 0 Å². The molecule has 0 aliphatic carbocycles. The van der Waals surface area contributed by atoms with Gasteiger partial charge >= 0.3 is 0 Å². The summed E-state index contributed by atoms with van der Waals surface area (Å²) in [5.74, 6) is 0.693. The van der Waals surface area contributed by atoms with Gasteiger partial charge < -0.3 is 5.73 Å². The largest absolute Gasteiger partial charge is 0.326 e. The highest BCUT2D eigenvalue weighted by Crippen LogP contribution is 2.10. The number of hydrogen-bond acceptors (Lipinski definition) is 4. The van der Waals surface area contributed by atoms with Crippen molar-refractivity contribution in [1.29, 1.82) is 0 Å². The lowest BCUT2D eigenvalue weighted by Crippen LogP contribution is -2.07. The zero-order valence-electron chi connectivity index (χ0n) is 7.26. The fourth-order valence-electron chi connectivity index (χ4n) is 1.12. The molecule has 0 aromatic carbocycles. The van der Waals surface area contributed by atoms with Gasteiger partial charge in [-0.2, -0.15) is 10.2 Å². The molecule has 0 atom stereocenters. The van der Waals surface area contributed by atoms with Crippen LogP contribution in [0.4, 0.5) is 0 Å². The quantitative estimate of drug-likeness (QED) is 0.830. The van der Waals surface area contributed by atoms with Gasteiger partial charge in [0.25, 0.3) is 0 Å². The number of nitrogens with two attached hydrogens (primary N) is 1. The van der Waals surface area contributed by atoms with Crippen LogP contribution in [0.3, 0.4) is 0 Å². The monoisotopic (exact) mass is 301 g/mol. The molecule has 2 rings (SSSR count). The zero-order valence-corrected chi connectivity index (χ0v) is 9.42. The van der Waals surface area contributed by atoms with Gasteiger partial charge in [-0.1, -0.05) is 0 Å². The average Bonchev–Trinajstić information content (AvgIpc) is 2.65. The number of rotatable bonds is 2. The molecule has 6 heteroatoms. The molecule has 14 heavy (non-hydrogen) atoms. The van der Waals surface area contributed by atoms with Gasteiger partial charge in [0.1, 0.15) is 0 Å². The Morgan fingerprint density at radius 1 is 1.50 bits per heavy atom. The summed E-state index contributed by atoms with van der Waals surface area (Å²) in [6.07, 6.45) is 5.26. The third kappa shape index (κ3) is 1.75. The Kier molecular flexibility index (Phi) is 2.73. The van der Waals surface area contributed by atoms with Crippen molar-refractivity contribution < 1.29 is 0 Å². The molecule has 0 radical (unpaired) electrons. The first-order valence-corrected chi connectivity index (χ1v) is 5.10. The van der Waals surface area contributed by atoms with E-state index < -0.39 is 0 Å². The lowest BCUT2D eigenvalue weighted by Gasteiger charge is -2.03. The Labute approximate surface area is 94.5 Å². The molecular weight excluding hydrogens is 293 g/mol. The minimum atomic E-state index is 0.432. The minimum Gasteiger partial charge on any atom is -0.326 e. The highest BCUT2D eigenvalue weighted by Gasteiger charge is 2.05. The molecule has 0 saturated heterocycles. The summed E-state index contributed by atoms with van der Waals surface area (Å²) in [4.78, 5) is 0. The zero-order chi connectivity index (χ0) is 9.97. The topological polar surface area (TPSA) is 69.6 Å². The fraction of sp³-hybridized carbons (Fsp3) is 0.125. The molecule has 0 bridgehead atoms. The van der Waals surface area contributed by atoms with Crippen molar-refractivity contribution in [3.63, 3.8) is 0 Å². The van der Waals surface area contributed by atoms with Crippen LogP contribution in [0.1, 0.15) is 5.56 Å². The summed E-state index contributed by atoms with van der Waals surface area (Å²) >= 11 is 2.19. The Bertz CT molecular complexity index is 439. The van der Waals surface area contributed by atoms with Crippen LogP contribution in [0.5, 0.6) is 0 Å². The second-order valence-corrected chi connectivity index (χ2v) is 3.93. The van der Waals surface area contributed by atoms with E-state index in [4.69, 9.17) is 5.73 Å². The Morgan fingerprint density at radius 2 is 2.36 bits per heavy atom. The van der Waals surface area contributed by atoms with Crippen LogP contribution < -0.4 is 5.73 Å². The molecule has 0 fully saturated rings. The van der Waals surface area contributed by atoms with Crippen molar-refractivity contribution in [2.45, 2.75) is 6.54 Å². The van der Waals surface area contributed by atoms with Crippen LogP contribution >= 0.6 is 22.6 Å². The predicted octanol–water partition coefficient (Wildman–Crippen LogP) is 0.726. The summed E-state index contributed by atoms with van der Waals surface area (Å²) in [6.45, 7) is 0.432. The number of halogens is 1. The van der Waals surface area contributed by atoms with Gasteiger partial charge in [-0.05, 0) is 28.7 Å². The van der Waals surface area contributed by atoms with Crippen LogP contribution in [-0.2, 0) is 6.54 Å². The third-order valence-electron chi connectivity index (χ3n) is 1.77. The van der Waals surface area contributed by atoms with Gasteiger partial charge in [-0.15, -0.1) is 5.10 Å². The molecule has 0 unspecified atom stereocenters. The molecular formula is C8H8IN5. The van der Waals surface area contributed by atoms with E-state index in [2.05, 4.69) is 37.9 Å². The predicted molar refractivity (Wildman–Crippen MR) is 59.8 cm³/mol. The molecule has 2 aromatic rings. The maximum Gasteiger partial charge on any atom is 0.180 e. The van der Waals surface area contributed by atoms with E-state index in [0.717, 1.165) is 9.13 Å². The van der Waals surface area contributed by atoms with E-state index in [1.807, 2.05) is 12.3 Å². The smallest absolute Gasteiger partial charge is 0.180 e. The Hall–Kier alpha value is -1.02.